The zero-order chi connectivity index (χ0) is 12.6. The van der Waals surface area contributed by atoms with Crippen LogP contribution < -0.4 is 0 Å². The van der Waals surface area contributed by atoms with Gasteiger partial charge in [0.25, 0.3) is 0 Å². The molecule has 1 heterocycles. The van der Waals surface area contributed by atoms with Crippen LogP contribution in [0.25, 0.3) is 0 Å². The fraction of sp³-hybridized carbons (Fsp3) is 0.769. The van der Waals surface area contributed by atoms with Crippen LogP contribution in [0.1, 0.15) is 59.0 Å². The summed E-state index contributed by atoms with van der Waals surface area (Å²) in [5.41, 5.74) is 0.198. The third kappa shape index (κ3) is 3.87. The van der Waals surface area contributed by atoms with Gasteiger partial charge in [0.2, 0.25) is 0 Å². The summed E-state index contributed by atoms with van der Waals surface area (Å²) in [5.74, 6) is 2.61. The third-order valence-corrected chi connectivity index (χ3v) is 2.15. The van der Waals surface area contributed by atoms with Crippen molar-refractivity contribution in [2.75, 3.05) is 0 Å². The van der Waals surface area contributed by atoms with E-state index in [9.17, 15) is 0 Å². The number of aromatic nitrogens is 3. The van der Waals surface area contributed by atoms with E-state index >= 15 is 0 Å². The van der Waals surface area contributed by atoms with Crippen molar-refractivity contribution in [3.05, 3.63) is 17.5 Å². The van der Waals surface area contributed by atoms with Crippen LogP contribution in [0.5, 0.6) is 0 Å². The number of rotatable bonds is 1. The lowest BCUT2D eigenvalue weighted by Gasteiger charge is -2.20. The van der Waals surface area contributed by atoms with Crippen LogP contribution in [-0.4, -0.2) is 15.0 Å². The monoisotopic (exact) mass is 221 g/mol. The fourth-order valence-corrected chi connectivity index (χ4v) is 1.43. The zero-order valence-corrected chi connectivity index (χ0v) is 11.5. The number of hydrogen-bond donors (Lipinski definition) is 0. The highest BCUT2D eigenvalue weighted by atomic mass is 15.0. The summed E-state index contributed by atoms with van der Waals surface area (Å²) < 4.78 is 0. The molecule has 1 aromatic heterocycles. The Morgan fingerprint density at radius 3 is 1.88 bits per heavy atom. The summed E-state index contributed by atoms with van der Waals surface area (Å²) in [6.45, 7) is 14.9. The molecule has 3 heteroatoms. The topological polar surface area (TPSA) is 38.7 Å². The van der Waals surface area contributed by atoms with Gasteiger partial charge in [0.15, 0.2) is 0 Å². The Bertz CT molecular complexity index is 370. The second-order valence-electron chi connectivity index (χ2n) is 6.61. The molecule has 0 aliphatic rings. The van der Waals surface area contributed by atoms with Gasteiger partial charge in [-0.15, -0.1) is 0 Å². The van der Waals surface area contributed by atoms with Crippen molar-refractivity contribution < 1.29 is 0 Å². The minimum absolute atomic E-state index is 0.0136. The molecule has 0 amide bonds. The maximum Gasteiger partial charge on any atom is 0.137 e. The van der Waals surface area contributed by atoms with Gasteiger partial charge in [0.05, 0.1) is 0 Å². The first-order chi connectivity index (χ1) is 7.08. The van der Waals surface area contributed by atoms with Crippen LogP contribution in [0.4, 0.5) is 0 Å². The molecule has 0 aromatic carbocycles. The van der Waals surface area contributed by atoms with Crippen LogP contribution >= 0.6 is 0 Å². The molecule has 0 aliphatic heterocycles. The molecule has 0 N–H and O–H groups in total. The quantitative estimate of drug-likeness (QED) is 0.731. The van der Waals surface area contributed by atoms with Crippen molar-refractivity contribution in [3.8, 4) is 0 Å². The maximum absolute atomic E-state index is 4.57. The standard InChI is InChI=1S/C13H23N3/c1-9-14-10(8-12(2,3)4)16-11(15-9)13(5,6)7/h8H2,1-7H3. The molecule has 0 saturated heterocycles. The molecule has 0 atom stereocenters. The Morgan fingerprint density at radius 2 is 1.44 bits per heavy atom. The largest absolute Gasteiger partial charge is 0.218 e. The summed E-state index contributed by atoms with van der Waals surface area (Å²) in [5, 5.41) is 0. The van der Waals surface area contributed by atoms with E-state index in [1.807, 2.05) is 6.92 Å². The van der Waals surface area contributed by atoms with Gasteiger partial charge in [-0.25, -0.2) is 15.0 Å². The minimum atomic E-state index is -0.0136. The first-order valence-electron chi connectivity index (χ1n) is 5.80. The summed E-state index contributed by atoms with van der Waals surface area (Å²) in [7, 11) is 0. The smallest absolute Gasteiger partial charge is 0.137 e. The van der Waals surface area contributed by atoms with E-state index in [0.29, 0.717) is 0 Å². The van der Waals surface area contributed by atoms with Gasteiger partial charge in [-0.2, -0.15) is 0 Å². The summed E-state index contributed by atoms with van der Waals surface area (Å²) in [6.07, 6.45) is 0.888. The summed E-state index contributed by atoms with van der Waals surface area (Å²) in [6, 6.07) is 0. The van der Waals surface area contributed by atoms with Crippen LogP contribution in [0.3, 0.4) is 0 Å². The highest BCUT2D eigenvalue weighted by Gasteiger charge is 2.21. The molecular weight excluding hydrogens is 198 g/mol. The minimum Gasteiger partial charge on any atom is -0.218 e. The van der Waals surface area contributed by atoms with Crippen LogP contribution in [0.15, 0.2) is 0 Å². The van der Waals surface area contributed by atoms with Crippen molar-refractivity contribution >= 4 is 0 Å². The Balaban J connectivity index is 3.09. The van der Waals surface area contributed by atoms with Gasteiger partial charge in [0, 0.05) is 11.8 Å². The van der Waals surface area contributed by atoms with Crippen LogP contribution in [0.2, 0.25) is 0 Å². The molecule has 16 heavy (non-hydrogen) atoms. The molecule has 90 valence electrons. The van der Waals surface area contributed by atoms with Crippen molar-refractivity contribution in [2.45, 2.75) is 60.3 Å². The molecule has 0 fully saturated rings. The highest BCUT2D eigenvalue weighted by molar-refractivity contribution is 5.06. The van der Waals surface area contributed by atoms with E-state index in [0.717, 1.165) is 23.9 Å². The second kappa shape index (κ2) is 4.11. The number of hydrogen-bond acceptors (Lipinski definition) is 3. The second-order valence-corrected chi connectivity index (χ2v) is 6.61. The van der Waals surface area contributed by atoms with E-state index in [-0.39, 0.29) is 10.8 Å². The predicted octanol–water partition coefficient (Wildman–Crippen LogP) is 3.07. The van der Waals surface area contributed by atoms with E-state index in [4.69, 9.17) is 0 Å². The summed E-state index contributed by atoms with van der Waals surface area (Å²) in [4.78, 5) is 13.4. The third-order valence-electron chi connectivity index (χ3n) is 2.15. The first kappa shape index (κ1) is 13.1. The lowest BCUT2D eigenvalue weighted by molar-refractivity contribution is 0.395. The molecule has 0 radical (unpaired) electrons. The SMILES string of the molecule is Cc1nc(CC(C)(C)C)nc(C(C)(C)C)n1. The Hall–Kier alpha value is -0.990. The lowest BCUT2D eigenvalue weighted by Crippen LogP contribution is -2.21. The van der Waals surface area contributed by atoms with Crippen LogP contribution in [-0.2, 0) is 11.8 Å². The predicted molar refractivity (Wildman–Crippen MR) is 66.4 cm³/mol. The zero-order valence-electron chi connectivity index (χ0n) is 11.5. The Labute approximate surface area is 98.7 Å². The van der Waals surface area contributed by atoms with E-state index in [1.54, 1.807) is 0 Å². The summed E-state index contributed by atoms with van der Waals surface area (Å²) >= 11 is 0. The molecular formula is C13H23N3. The van der Waals surface area contributed by atoms with Crippen molar-refractivity contribution in [3.63, 3.8) is 0 Å². The van der Waals surface area contributed by atoms with Gasteiger partial charge in [-0.3, -0.25) is 0 Å². The van der Waals surface area contributed by atoms with E-state index in [1.165, 1.54) is 0 Å². The number of aryl methyl sites for hydroxylation is 1. The molecule has 0 aliphatic carbocycles. The molecule has 0 bridgehead atoms. The van der Waals surface area contributed by atoms with Gasteiger partial charge >= 0.3 is 0 Å². The molecule has 0 unspecified atom stereocenters. The van der Waals surface area contributed by atoms with Gasteiger partial charge in [-0.1, -0.05) is 41.5 Å². The molecule has 3 nitrogen and oxygen atoms in total. The average molecular weight is 221 g/mol. The molecule has 0 spiro atoms. The van der Waals surface area contributed by atoms with Crippen molar-refractivity contribution in [1.29, 1.82) is 0 Å². The van der Waals surface area contributed by atoms with E-state index in [2.05, 4.69) is 56.5 Å². The molecule has 0 saturated carbocycles. The van der Waals surface area contributed by atoms with Crippen molar-refractivity contribution in [1.82, 2.24) is 15.0 Å². The van der Waals surface area contributed by atoms with E-state index < -0.39 is 0 Å². The molecule has 1 rings (SSSR count). The normalized spacial score (nSPS) is 12.9. The van der Waals surface area contributed by atoms with Crippen LogP contribution in [0, 0.1) is 12.3 Å². The number of nitrogens with zero attached hydrogens (tertiary/aromatic N) is 3. The van der Waals surface area contributed by atoms with Crippen molar-refractivity contribution in [2.24, 2.45) is 5.41 Å². The van der Waals surface area contributed by atoms with Gasteiger partial charge in [-0.05, 0) is 12.3 Å². The van der Waals surface area contributed by atoms with Gasteiger partial charge in [0.1, 0.15) is 17.5 Å². The first-order valence-corrected chi connectivity index (χ1v) is 5.80. The lowest BCUT2D eigenvalue weighted by atomic mass is 9.91. The Morgan fingerprint density at radius 1 is 0.875 bits per heavy atom. The highest BCUT2D eigenvalue weighted by Crippen LogP contribution is 2.21. The van der Waals surface area contributed by atoms with Gasteiger partial charge < -0.3 is 0 Å². The Kier molecular flexibility index (Phi) is 3.36. The fourth-order valence-electron chi connectivity index (χ4n) is 1.43. The maximum atomic E-state index is 4.57. The molecule has 1 aromatic rings. The average Bonchev–Trinajstić information content (AvgIpc) is 1.97.